The molecule has 0 saturated carbocycles. The molecule has 0 atom stereocenters. The fourth-order valence-corrected chi connectivity index (χ4v) is 1.61. The Bertz CT molecular complexity index is 620. The smallest absolute Gasteiger partial charge is 0.146 e. The topological polar surface area (TPSA) is 67.2 Å². The fourth-order valence-electron chi connectivity index (χ4n) is 1.61. The summed E-state index contributed by atoms with van der Waals surface area (Å²) in [5, 5.41) is 12.0. The number of hydrogen-bond acceptors (Lipinski definition) is 5. The number of aromatic nitrogens is 1. The Labute approximate surface area is 111 Å². The van der Waals surface area contributed by atoms with Crippen LogP contribution in [-0.4, -0.2) is 19.2 Å². The van der Waals surface area contributed by atoms with Crippen molar-refractivity contribution in [2.24, 2.45) is 0 Å². The summed E-state index contributed by atoms with van der Waals surface area (Å²) in [6.45, 7) is 0. The number of rotatable bonds is 4. The van der Waals surface area contributed by atoms with Crippen molar-refractivity contribution in [1.82, 2.24) is 4.98 Å². The molecule has 0 aliphatic rings. The zero-order valence-electron chi connectivity index (χ0n) is 10.7. The molecular weight excluding hydrogens is 242 g/mol. The van der Waals surface area contributed by atoms with E-state index in [1.165, 1.54) is 0 Å². The van der Waals surface area contributed by atoms with Gasteiger partial charge < -0.3 is 14.8 Å². The van der Waals surface area contributed by atoms with Crippen molar-refractivity contribution in [1.29, 1.82) is 5.26 Å². The minimum Gasteiger partial charge on any atom is -0.497 e. The van der Waals surface area contributed by atoms with E-state index in [-0.39, 0.29) is 0 Å². The summed E-state index contributed by atoms with van der Waals surface area (Å²) in [7, 11) is 3.18. The minimum absolute atomic E-state index is 0.546. The van der Waals surface area contributed by atoms with Crippen LogP contribution < -0.4 is 14.8 Å². The second kappa shape index (κ2) is 5.74. The number of methoxy groups -OCH3 is 2. The molecule has 0 unspecified atom stereocenters. The lowest BCUT2D eigenvalue weighted by molar-refractivity contribution is 0.395. The standard InChI is InChI=1S/C14H13N3O2/c1-18-11-3-4-12(13(8-11)19-2)17-14-7-10(9-15)5-6-16-14/h3-8H,1-2H3,(H,16,17). The highest BCUT2D eigenvalue weighted by Gasteiger charge is 2.06. The first-order valence-corrected chi connectivity index (χ1v) is 5.62. The van der Waals surface area contributed by atoms with E-state index in [2.05, 4.69) is 16.4 Å². The van der Waals surface area contributed by atoms with E-state index in [0.29, 0.717) is 22.9 Å². The average Bonchev–Trinajstić information content (AvgIpc) is 2.48. The van der Waals surface area contributed by atoms with Crippen LogP contribution in [0, 0.1) is 11.3 Å². The van der Waals surface area contributed by atoms with E-state index in [4.69, 9.17) is 14.7 Å². The third kappa shape index (κ3) is 2.93. The van der Waals surface area contributed by atoms with Crippen LogP contribution in [0.5, 0.6) is 11.5 Å². The summed E-state index contributed by atoms with van der Waals surface area (Å²) < 4.78 is 10.4. The van der Waals surface area contributed by atoms with E-state index in [9.17, 15) is 0 Å². The number of nitrogens with one attached hydrogen (secondary N) is 1. The number of benzene rings is 1. The van der Waals surface area contributed by atoms with Crippen molar-refractivity contribution in [2.45, 2.75) is 0 Å². The lowest BCUT2D eigenvalue weighted by atomic mass is 10.2. The maximum Gasteiger partial charge on any atom is 0.146 e. The Morgan fingerprint density at radius 3 is 2.68 bits per heavy atom. The van der Waals surface area contributed by atoms with Crippen LogP contribution >= 0.6 is 0 Å². The number of hydrogen-bond donors (Lipinski definition) is 1. The highest BCUT2D eigenvalue weighted by atomic mass is 16.5. The number of ether oxygens (including phenoxy) is 2. The number of anilines is 2. The van der Waals surface area contributed by atoms with Gasteiger partial charge in [-0.05, 0) is 24.3 Å². The largest absolute Gasteiger partial charge is 0.497 e. The van der Waals surface area contributed by atoms with Gasteiger partial charge in [0.15, 0.2) is 0 Å². The molecule has 96 valence electrons. The van der Waals surface area contributed by atoms with Crippen molar-refractivity contribution >= 4 is 11.5 Å². The highest BCUT2D eigenvalue weighted by Crippen LogP contribution is 2.30. The SMILES string of the molecule is COc1ccc(Nc2cc(C#N)ccn2)c(OC)c1. The first-order valence-electron chi connectivity index (χ1n) is 5.62. The van der Waals surface area contributed by atoms with Gasteiger partial charge in [-0.2, -0.15) is 5.26 Å². The van der Waals surface area contributed by atoms with Gasteiger partial charge in [-0.1, -0.05) is 0 Å². The quantitative estimate of drug-likeness (QED) is 0.909. The van der Waals surface area contributed by atoms with E-state index < -0.39 is 0 Å². The van der Waals surface area contributed by atoms with E-state index in [1.54, 1.807) is 38.6 Å². The normalized spacial score (nSPS) is 9.53. The molecule has 1 heterocycles. The van der Waals surface area contributed by atoms with Crippen LogP contribution in [0.25, 0.3) is 0 Å². The summed E-state index contributed by atoms with van der Waals surface area (Å²) in [6, 6.07) is 10.8. The van der Waals surface area contributed by atoms with Gasteiger partial charge in [0.05, 0.1) is 31.5 Å². The van der Waals surface area contributed by atoms with Crippen LogP contribution in [0.15, 0.2) is 36.5 Å². The molecule has 0 saturated heterocycles. The van der Waals surface area contributed by atoms with Gasteiger partial charge in [-0.25, -0.2) is 4.98 Å². The van der Waals surface area contributed by atoms with Gasteiger partial charge in [-0.3, -0.25) is 0 Å². The van der Waals surface area contributed by atoms with E-state index in [0.717, 1.165) is 5.69 Å². The Morgan fingerprint density at radius 1 is 1.16 bits per heavy atom. The third-order valence-corrected chi connectivity index (χ3v) is 2.56. The molecule has 19 heavy (non-hydrogen) atoms. The second-order valence-electron chi connectivity index (χ2n) is 3.73. The van der Waals surface area contributed by atoms with Gasteiger partial charge in [0.2, 0.25) is 0 Å². The molecule has 2 aromatic rings. The predicted octanol–water partition coefficient (Wildman–Crippen LogP) is 2.71. The summed E-state index contributed by atoms with van der Waals surface area (Å²) >= 11 is 0. The Hall–Kier alpha value is -2.74. The molecule has 0 fully saturated rings. The maximum absolute atomic E-state index is 8.85. The molecule has 0 spiro atoms. The summed E-state index contributed by atoms with van der Waals surface area (Å²) in [6.07, 6.45) is 1.58. The molecule has 1 aromatic heterocycles. The van der Waals surface area contributed by atoms with Gasteiger partial charge >= 0.3 is 0 Å². The molecular formula is C14H13N3O2. The highest BCUT2D eigenvalue weighted by molar-refractivity contribution is 5.66. The number of nitriles is 1. The zero-order valence-corrected chi connectivity index (χ0v) is 10.7. The van der Waals surface area contributed by atoms with Crippen molar-refractivity contribution in [3.05, 3.63) is 42.1 Å². The van der Waals surface area contributed by atoms with Crippen LogP contribution in [0.4, 0.5) is 11.5 Å². The Kier molecular flexibility index (Phi) is 3.84. The zero-order chi connectivity index (χ0) is 13.7. The van der Waals surface area contributed by atoms with Crippen LogP contribution in [-0.2, 0) is 0 Å². The minimum atomic E-state index is 0.546. The third-order valence-electron chi connectivity index (χ3n) is 2.56. The summed E-state index contributed by atoms with van der Waals surface area (Å²) in [5.74, 6) is 1.94. The van der Waals surface area contributed by atoms with Crippen molar-refractivity contribution in [2.75, 3.05) is 19.5 Å². The molecule has 0 bridgehead atoms. The van der Waals surface area contributed by atoms with Gasteiger partial charge in [0, 0.05) is 12.3 Å². The Balaban J connectivity index is 2.30. The number of pyridine rings is 1. The van der Waals surface area contributed by atoms with Crippen molar-refractivity contribution in [3.8, 4) is 17.6 Å². The molecule has 0 amide bonds. The molecule has 5 nitrogen and oxygen atoms in total. The first-order chi connectivity index (χ1) is 9.26. The monoisotopic (exact) mass is 255 g/mol. The summed E-state index contributed by atoms with van der Waals surface area (Å²) in [5.41, 5.74) is 1.30. The predicted molar refractivity (Wildman–Crippen MR) is 71.8 cm³/mol. The molecule has 2 rings (SSSR count). The fraction of sp³-hybridized carbons (Fsp3) is 0.143. The van der Waals surface area contributed by atoms with Gasteiger partial charge in [0.25, 0.3) is 0 Å². The van der Waals surface area contributed by atoms with Crippen LogP contribution in [0.1, 0.15) is 5.56 Å². The van der Waals surface area contributed by atoms with Crippen molar-refractivity contribution in [3.63, 3.8) is 0 Å². The Morgan fingerprint density at radius 2 is 2.00 bits per heavy atom. The molecule has 0 aliphatic carbocycles. The van der Waals surface area contributed by atoms with Gasteiger partial charge in [-0.15, -0.1) is 0 Å². The average molecular weight is 255 g/mol. The lowest BCUT2D eigenvalue weighted by Crippen LogP contribution is -1.97. The van der Waals surface area contributed by atoms with Gasteiger partial charge in [0.1, 0.15) is 17.3 Å². The second-order valence-corrected chi connectivity index (χ2v) is 3.73. The van der Waals surface area contributed by atoms with Crippen LogP contribution in [0.3, 0.4) is 0 Å². The van der Waals surface area contributed by atoms with E-state index in [1.807, 2.05) is 12.1 Å². The molecule has 0 aliphatic heterocycles. The van der Waals surface area contributed by atoms with Crippen molar-refractivity contribution < 1.29 is 9.47 Å². The lowest BCUT2D eigenvalue weighted by Gasteiger charge is -2.11. The number of nitrogens with zero attached hydrogens (tertiary/aromatic N) is 2. The summed E-state index contributed by atoms with van der Waals surface area (Å²) in [4.78, 5) is 4.15. The molecule has 1 aromatic carbocycles. The molecule has 1 N–H and O–H groups in total. The molecule has 0 radical (unpaired) electrons. The maximum atomic E-state index is 8.85. The van der Waals surface area contributed by atoms with Crippen LogP contribution in [0.2, 0.25) is 0 Å². The van der Waals surface area contributed by atoms with E-state index >= 15 is 0 Å². The first kappa shape index (κ1) is 12.7. The molecule has 5 heteroatoms.